The number of rotatable bonds is 2. The van der Waals surface area contributed by atoms with Crippen LogP contribution in [0, 0.1) is 0 Å². The Morgan fingerprint density at radius 1 is 1.22 bits per heavy atom. The average molecular weight is 253 g/mol. The minimum atomic E-state index is -2.96. The number of nitrogens with zero attached hydrogens (tertiary/aromatic N) is 1. The third-order valence-electron chi connectivity index (χ3n) is 4.04. The largest absolute Gasteiger partial charge is 0.387 e. The molecule has 1 aliphatic carbocycles. The van der Waals surface area contributed by atoms with Gasteiger partial charge in [-0.2, -0.15) is 0 Å². The maximum Gasteiger partial charge on any atom is 0.285 e. The van der Waals surface area contributed by atoms with E-state index < -0.39 is 12.0 Å². The summed E-state index contributed by atoms with van der Waals surface area (Å²) >= 11 is 0. The lowest BCUT2D eigenvalue weighted by Gasteiger charge is -2.36. The van der Waals surface area contributed by atoms with E-state index in [1.54, 1.807) is 0 Å². The molecular formula is C14H17F2NO. The minimum absolute atomic E-state index is 0.172. The second-order valence-electron chi connectivity index (χ2n) is 5.36. The van der Waals surface area contributed by atoms with Gasteiger partial charge < -0.3 is 5.11 Å². The van der Waals surface area contributed by atoms with E-state index in [4.69, 9.17) is 0 Å². The van der Waals surface area contributed by atoms with E-state index >= 15 is 0 Å². The molecule has 1 saturated carbocycles. The number of aliphatic hydroxyl groups excluding tert-OH is 1. The van der Waals surface area contributed by atoms with Crippen molar-refractivity contribution in [2.75, 3.05) is 13.1 Å². The van der Waals surface area contributed by atoms with E-state index in [-0.39, 0.29) is 19.0 Å². The number of hydrogen-bond acceptors (Lipinski definition) is 2. The Kier molecular flexibility index (Phi) is 2.87. The fraction of sp³-hybridized carbons (Fsp3) is 0.571. The van der Waals surface area contributed by atoms with Gasteiger partial charge >= 0.3 is 0 Å². The fourth-order valence-electron chi connectivity index (χ4n) is 2.88. The maximum atomic E-state index is 13.5. The molecule has 1 heterocycles. The predicted octanol–water partition coefficient (Wildman–Crippen LogP) is 2.24. The van der Waals surface area contributed by atoms with Crippen molar-refractivity contribution in [3.05, 3.63) is 35.9 Å². The Bertz CT molecular complexity index is 423. The van der Waals surface area contributed by atoms with Crippen LogP contribution in [-0.2, 0) is 0 Å². The van der Waals surface area contributed by atoms with Gasteiger partial charge in [-0.1, -0.05) is 30.3 Å². The van der Waals surface area contributed by atoms with Crippen molar-refractivity contribution in [3.63, 3.8) is 0 Å². The average Bonchev–Trinajstić information content (AvgIpc) is 3.14. The molecule has 0 bridgehead atoms. The summed E-state index contributed by atoms with van der Waals surface area (Å²) in [5.74, 6) is -2.57. The van der Waals surface area contributed by atoms with Crippen LogP contribution in [0.25, 0.3) is 0 Å². The second kappa shape index (κ2) is 4.28. The Morgan fingerprint density at radius 3 is 2.61 bits per heavy atom. The van der Waals surface area contributed by atoms with Crippen molar-refractivity contribution in [1.29, 1.82) is 0 Å². The van der Waals surface area contributed by atoms with Crippen LogP contribution in [0.2, 0.25) is 0 Å². The molecular weight excluding hydrogens is 236 g/mol. The molecule has 1 aromatic carbocycles. The van der Waals surface area contributed by atoms with Crippen molar-refractivity contribution < 1.29 is 13.9 Å². The van der Waals surface area contributed by atoms with Crippen molar-refractivity contribution in [2.24, 2.45) is 0 Å². The first kappa shape index (κ1) is 12.1. The van der Waals surface area contributed by atoms with E-state index in [2.05, 4.69) is 12.1 Å². The van der Waals surface area contributed by atoms with E-state index in [1.165, 1.54) is 5.56 Å². The van der Waals surface area contributed by atoms with Gasteiger partial charge in [-0.25, -0.2) is 8.78 Å². The highest BCUT2D eigenvalue weighted by atomic mass is 19.3. The molecule has 0 radical (unpaired) electrons. The summed E-state index contributed by atoms with van der Waals surface area (Å²) in [5, 5.41) is 9.26. The molecule has 1 aromatic rings. The summed E-state index contributed by atoms with van der Waals surface area (Å²) in [7, 11) is 0. The standard InChI is InChI=1S/C14H17F2NO/c15-14(16)9-17(7-6-13(14)18)12-8-11(12)10-4-2-1-3-5-10/h1-5,11-13,18H,6-9H2/t11-,12-,13?/m1/s1. The summed E-state index contributed by atoms with van der Waals surface area (Å²) in [5.41, 5.74) is 1.23. The van der Waals surface area contributed by atoms with Crippen LogP contribution in [0.15, 0.2) is 30.3 Å². The molecule has 4 heteroatoms. The van der Waals surface area contributed by atoms with Crippen LogP contribution in [0.5, 0.6) is 0 Å². The number of likely N-dealkylation sites (tertiary alicyclic amines) is 1. The fourth-order valence-corrected chi connectivity index (χ4v) is 2.88. The van der Waals surface area contributed by atoms with Crippen molar-refractivity contribution in [3.8, 4) is 0 Å². The molecule has 2 nitrogen and oxygen atoms in total. The quantitative estimate of drug-likeness (QED) is 0.873. The molecule has 0 spiro atoms. The van der Waals surface area contributed by atoms with Gasteiger partial charge in [-0.15, -0.1) is 0 Å². The first-order valence-electron chi connectivity index (χ1n) is 6.43. The molecule has 2 aliphatic rings. The molecule has 0 amide bonds. The van der Waals surface area contributed by atoms with Gasteiger partial charge in [0, 0.05) is 18.5 Å². The van der Waals surface area contributed by atoms with Gasteiger partial charge in [0.2, 0.25) is 0 Å². The van der Waals surface area contributed by atoms with Crippen LogP contribution in [0.4, 0.5) is 8.78 Å². The monoisotopic (exact) mass is 253 g/mol. The Balaban J connectivity index is 1.65. The lowest BCUT2D eigenvalue weighted by molar-refractivity contribution is -0.151. The van der Waals surface area contributed by atoms with Crippen LogP contribution in [0.1, 0.15) is 24.3 Å². The number of aliphatic hydroxyl groups is 1. The number of benzene rings is 1. The molecule has 1 saturated heterocycles. The topological polar surface area (TPSA) is 23.5 Å². The summed E-state index contributed by atoms with van der Waals surface area (Å²) in [6.07, 6.45) is -0.344. The zero-order valence-electron chi connectivity index (χ0n) is 10.1. The zero-order chi connectivity index (χ0) is 12.8. The lowest BCUT2D eigenvalue weighted by Crippen LogP contribution is -2.52. The van der Waals surface area contributed by atoms with E-state index in [0.29, 0.717) is 12.5 Å². The van der Waals surface area contributed by atoms with E-state index in [0.717, 1.165) is 6.42 Å². The van der Waals surface area contributed by atoms with Gasteiger partial charge in [0.25, 0.3) is 5.92 Å². The van der Waals surface area contributed by atoms with Gasteiger partial charge in [0.1, 0.15) is 6.10 Å². The smallest absolute Gasteiger partial charge is 0.285 e. The highest BCUT2D eigenvalue weighted by Gasteiger charge is 2.50. The molecule has 1 N–H and O–H groups in total. The Labute approximate surface area is 105 Å². The first-order valence-corrected chi connectivity index (χ1v) is 6.43. The SMILES string of the molecule is OC1CCN([C@@H]2C[C@@H]2c2ccccc2)CC1(F)F. The summed E-state index contributed by atoms with van der Waals surface area (Å²) < 4.78 is 26.9. The molecule has 98 valence electrons. The molecule has 2 fully saturated rings. The van der Waals surface area contributed by atoms with Gasteiger partial charge in [-0.3, -0.25) is 4.90 Å². The summed E-state index contributed by atoms with van der Waals surface area (Å²) in [6.45, 7) is 0.271. The van der Waals surface area contributed by atoms with Crippen molar-refractivity contribution >= 4 is 0 Å². The Morgan fingerprint density at radius 2 is 1.94 bits per heavy atom. The normalized spacial score (nSPS) is 35.4. The van der Waals surface area contributed by atoms with Gasteiger partial charge in [0.15, 0.2) is 0 Å². The van der Waals surface area contributed by atoms with Gasteiger partial charge in [-0.05, 0) is 18.4 Å². The highest BCUT2D eigenvalue weighted by molar-refractivity contribution is 5.28. The van der Waals surface area contributed by atoms with E-state index in [1.807, 2.05) is 23.1 Å². The summed E-state index contributed by atoms with van der Waals surface area (Å²) in [4.78, 5) is 1.84. The van der Waals surface area contributed by atoms with Gasteiger partial charge in [0.05, 0.1) is 6.54 Å². The first-order chi connectivity index (χ1) is 8.58. The van der Waals surface area contributed by atoms with Crippen LogP contribution in [-0.4, -0.2) is 41.2 Å². The van der Waals surface area contributed by atoms with Crippen molar-refractivity contribution in [1.82, 2.24) is 4.90 Å². The third-order valence-corrected chi connectivity index (χ3v) is 4.04. The maximum absolute atomic E-state index is 13.5. The van der Waals surface area contributed by atoms with Crippen LogP contribution in [0.3, 0.4) is 0 Å². The number of halogens is 2. The number of alkyl halides is 2. The summed E-state index contributed by atoms with van der Waals surface area (Å²) in [6, 6.07) is 10.3. The van der Waals surface area contributed by atoms with E-state index in [9.17, 15) is 13.9 Å². The molecule has 18 heavy (non-hydrogen) atoms. The molecule has 1 unspecified atom stereocenters. The lowest BCUT2D eigenvalue weighted by atomic mass is 10.0. The minimum Gasteiger partial charge on any atom is -0.387 e. The molecule has 3 rings (SSSR count). The predicted molar refractivity (Wildman–Crippen MR) is 64.7 cm³/mol. The Hall–Kier alpha value is -1.00. The van der Waals surface area contributed by atoms with Crippen LogP contribution < -0.4 is 0 Å². The zero-order valence-corrected chi connectivity index (χ0v) is 10.1. The van der Waals surface area contributed by atoms with Crippen molar-refractivity contribution in [2.45, 2.75) is 36.8 Å². The molecule has 0 aromatic heterocycles. The molecule has 1 aliphatic heterocycles. The molecule has 3 atom stereocenters. The van der Waals surface area contributed by atoms with Crippen LogP contribution >= 0.6 is 0 Å². The number of hydrogen-bond donors (Lipinski definition) is 1. The third kappa shape index (κ3) is 2.15. The second-order valence-corrected chi connectivity index (χ2v) is 5.36. The highest BCUT2D eigenvalue weighted by Crippen LogP contribution is 2.46. The number of piperidine rings is 1.